The molecule has 4 nitrogen and oxygen atoms in total. The molecule has 0 aliphatic rings. The van der Waals surface area contributed by atoms with E-state index in [2.05, 4.69) is 21.2 Å². The highest BCUT2D eigenvalue weighted by Crippen LogP contribution is 2.21. The predicted octanol–water partition coefficient (Wildman–Crippen LogP) is 3.23. The Morgan fingerprint density at radius 3 is 2.55 bits per heavy atom. The van der Waals surface area contributed by atoms with Crippen molar-refractivity contribution in [3.63, 3.8) is 0 Å². The van der Waals surface area contributed by atoms with Gasteiger partial charge in [0.05, 0.1) is 11.6 Å². The minimum absolute atomic E-state index is 0.0145. The summed E-state index contributed by atoms with van der Waals surface area (Å²) in [6.45, 7) is 1.89. The Bertz CT molecular complexity index is 626. The molecule has 2 aromatic rings. The van der Waals surface area contributed by atoms with E-state index in [0.29, 0.717) is 5.69 Å². The molecule has 0 saturated carbocycles. The molecule has 0 aliphatic carbocycles. The van der Waals surface area contributed by atoms with Crippen molar-refractivity contribution in [1.82, 2.24) is 5.32 Å². The molecular weight excluding hydrogens is 320 g/mol. The molecule has 0 radical (unpaired) electrons. The van der Waals surface area contributed by atoms with Gasteiger partial charge in [-0.3, -0.25) is 4.79 Å². The van der Waals surface area contributed by atoms with Crippen LogP contribution >= 0.6 is 15.9 Å². The Kier molecular flexibility index (Phi) is 4.29. The third-order valence-corrected chi connectivity index (χ3v) is 3.53. The van der Waals surface area contributed by atoms with Gasteiger partial charge >= 0.3 is 0 Å². The number of phenols is 1. The van der Waals surface area contributed by atoms with Gasteiger partial charge in [-0.05, 0) is 42.8 Å². The van der Waals surface area contributed by atoms with E-state index in [-0.39, 0.29) is 23.3 Å². The fourth-order valence-electron chi connectivity index (χ4n) is 1.85. The van der Waals surface area contributed by atoms with Crippen molar-refractivity contribution in [2.75, 3.05) is 5.73 Å². The summed E-state index contributed by atoms with van der Waals surface area (Å²) in [5, 5.41) is 12.3. The summed E-state index contributed by atoms with van der Waals surface area (Å²) in [7, 11) is 0. The van der Waals surface area contributed by atoms with Crippen LogP contribution in [0.1, 0.15) is 28.9 Å². The molecule has 0 aromatic heterocycles. The van der Waals surface area contributed by atoms with E-state index < -0.39 is 0 Å². The highest BCUT2D eigenvalue weighted by molar-refractivity contribution is 9.10. The number of hydrogen-bond donors (Lipinski definition) is 3. The van der Waals surface area contributed by atoms with E-state index in [0.717, 1.165) is 10.0 Å². The number of anilines is 1. The zero-order valence-electron chi connectivity index (χ0n) is 10.9. The lowest BCUT2D eigenvalue weighted by atomic mass is 10.1. The minimum Gasteiger partial charge on any atom is -0.508 e. The van der Waals surface area contributed by atoms with Gasteiger partial charge in [0, 0.05) is 10.2 Å². The highest BCUT2D eigenvalue weighted by Gasteiger charge is 2.14. The molecule has 0 heterocycles. The molecule has 4 N–H and O–H groups in total. The van der Waals surface area contributed by atoms with Crippen molar-refractivity contribution in [3.8, 4) is 5.75 Å². The van der Waals surface area contributed by atoms with Crippen LogP contribution in [0.2, 0.25) is 0 Å². The molecule has 0 spiro atoms. The average molecular weight is 335 g/mol. The van der Waals surface area contributed by atoms with Gasteiger partial charge in [-0.2, -0.15) is 0 Å². The SMILES string of the molecule is C[C@H](NC(=O)c1cc(O)ccc1N)c1ccc(Br)cc1. The normalized spacial score (nSPS) is 11.9. The maximum absolute atomic E-state index is 12.2. The molecule has 2 rings (SSSR count). The Morgan fingerprint density at radius 1 is 1.25 bits per heavy atom. The zero-order valence-corrected chi connectivity index (χ0v) is 12.5. The maximum Gasteiger partial charge on any atom is 0.253 e. The number of carbonyl (C=O) groups is 1. The molecule has 0 fully saturated rings. The smallest absolute Gasteiger partial charge is 0.253 e. The van der Waals surface area contributed by atoms with Crippen LogP contribution in [-0.2, 0) is 0 Å². The van der Waals surface area contributed by atoms with Crippen LogP contribution in [0.4, 0.5) is 5.69 Å². The van der Waals surface area contributed by atoms with E-state index in [4.69, 9.17) is 5.73 Å². The van der Waals surface area contributed by atoms with Crippen LogP contribution < -0.4 is 11.1 Å². The highest BCUT2D eigenvalue weighted by atomic mass is 79.9. The second-order valence-electron chi connectivity index (χ2n) is 4.52. The van der Waals surface area contributed by atoms with Crippen molar-refractivity contribution in [2.45, 2.75) is 13.0 Å². The van der Waals surface area contributed by atoms with Gasteiger partial charge in [-0.1, -0.05) is 28.1 Å². The quantitative estimate of drug-likeness (QED) is 0.595. The van der Waals surface area contributed by atoms with E-state index in [9.17, 15) is 9.90 Å². The molecule has 0 bridgehead atoms. The standard InChI is InChI=1S/C15H15BrN2O2/c1-9(10-2-4-11(16)5-3-10)18-15(20)13-8-12(19)6-7-14(13)17/h2-9,19H,17H2,1H3,(H,18,20)/t9-/m0/s1. The number of nitrogen functional groups attached to an aromatic ring is 1. The molecule has 20 heavy (non-hydrogen) atoms. The molecule has 0 saturated heterocycles. The third kappa shape index (κ3) is 3.30. The Labute approximate surface area is 125 Å². The fraction of sp³-hybridized carbons (Fsp3) is 0.133. The van der Waals surface area contributed by atoms with Crippen molar-refractivity contribution in [2.24, 2.45) is 0 Å². The Morgan fingerprint density at radius 2 is 1.90 bits per heavy atom. The van der Waals surface area contributed by atoms with Gasteiger partial charge in [-0.25, -0.2) is 0 Å². The second kappa shape index (κ2) is 5.96. The fourth-order valence-corrected chi connectivity index (χ4v) is 2.11. The number of amides is 1. The van der Waals surface area contributed by atoms with Gasteiger partial charge in [0.2, 0.25) is 0 Å². The monoisotopic (exact) mass is 334 g/mol. The lowest BCUT2D eigenvalue weighted by Gasteiger charge is -2.15. The van der Waals surface area contributed by atoms with E-state index >= 15 is 0 Å². The van der Waals surface area contributed by atoms with Crippen molar-refractivity contribution in [3.05, 3.63) is 58.1 Å². The van der Waals surface area contributed by atoms with Crippen LogP contribution in [0.15, 0.2) is 46.9 Å². The van der Waals surface area contributed by atoms with Gasteiger partial charge in [0.1, 0.15) is 5.75 Å². The summed E-state index contributed by atoms with van der Waals surface area (Å²) in [6, 6.07) is 11.9. The molecular formula is C15H15BrN2O2. The van der Waals surface area contributed by atoms with E-state index in [1.165, 1.54) is 18.2 Å². The minimum atomic E-state index is -0.311. The first-order valence-electron chi connectivity index (χ1n) is 6.12. The first kappa shape index (κ1) is 14.4. The van der Waals surface area contributed by atoms with Crippen LogP contribution in [-0.4, -0.2) is 11.0 Å². The Balaban J connectivity index is 2.15. The number of halogens is 1. The Hall–Kier alpha value is -2.01. The molecule has 104 valence electrons. The number of aromatic hydroxyl groups is 1. The molecule has 2 aromatic carbocycles. The molecule has 5 heteroatoms. The number of carbonyl (C=O) groups excluding carboxylic acids is 1. The van der Waals surface area contributed by atoms with Crippen LogP contribution in [0.5, 0.6) is 5.75 Å². The number of hydrogen-bond acceptors (Lipinski definition) is 3. The van der Waals surface area contributed by atoms with Gasteiger partial charge in [-0.15, -0.1) is 0 Å². The first-order valence-corrected chi connectivity index (χ1v) is 6.91. The number of benzene rings is 2. The summed E-state index contributed by atoms with van der Waals surface area (Å²) >= 11 is 3.37. The number of nitrogens with two attached hydrogens (primary N) is 1. The third-order valence-electron chi connectivity index (χ3n) is 3.00. The number of nitrogens with one attached hydrogen (secondary N) is 1. The molecule has 0 aliphatic heterocycles. The summed E-state index contributed by atoms with van der Waals surface area (Å²) in [5.41, 5.74) is 7.34. The van der Waals surface area contributed by atoms with Crippen LogP contribution in [0, 0.1) is 0 Å². The van der Waals surface area contributed by atoms with Crippen molar-refractivity contribution < 1.29 is 9.90 Å². The van der Waals surface area contributed by atoms with Crippen LogP contribution in [0.25, 0.3) is 0 Å². The van der Waals surface area contributed by atoms with Crippen molar-refractivity contribution >= 4 is 27.5 Å². The zero-order chi connectivity index (χ0) is 14.7. The molecule has 0 unspecified atom stereocenters. The topological polar surface area (TPSA) is 75.3 Å². The summed E-state index contributed by atoms with van der Waals surface area (Å²) in [4.78, 5) is 12.2. The first-order chi connectivity index (χ1) is 9.47. The molecule has 1 atom stereocenters. The lowest BCUT2D eigenvalue weighted by Crippen LogP contribution is -2.27. The average Bonchev–Trinajstić information content (AvgIpc) is 2.42. The summed E-state index contributed by atoms with van der Waals surface area (Å²) in [5.74, 6) is -0.297. The summed E-state index contributed by atoms with van der Waals surface area (Å²) in [6.07, 6.45) is 0. The van der Waals surface area contributed by atoms with Gasteiger partial charge in [0.15, 0.2) is 0 Å². The van der Waals surface area contributed by atoms with Crippen LogP contribution in [0.3, 0.4) is 0 Å². The van der Waals surface area contributed by atoms with E-state index in [1.54, 1.807) is 0 Å². The van der Waals surface area contributed by atoms with Crippen molar-refractivity contribution in [1.29, 1.82) is 0 Å². The lowest BCUT2D eigenvalue weighted by molar-refractivity contribution is 0.0940. The maximum atomic E-state index is 12.2. The number of rotatable bonds is 3. The van der Waals surface area contributed by atoms with Gasteiger partial charge in [0.25, 0.3) is 5.91 Å². The largest absolute Gasteiger partial charge is 0.508 e. The molecule has 1 amide bonds. The predicted molar refractivity (Wildman–Crippen MR) is 82.5 cm³/mol. The second-order valence-corrected chi connectivity index (χ2v) is 5.43. The van der Waals surface area contributed by atoms with E-state index in [1.807, 2.05) is 31.2 Å². The van der Waals surface area contributed by atoms with Gasteiger partial charge < -0.3 is 16.2 Å². The summed E-state index contributed by atoms with van der Waals surface area (Å²) < 4.78 is 0.983. The number of phenolic OH excluding ortho intramolecular Hbond substituents is 1.